The average molecular weight is 305 g/mol. The van der Waals surface area contributed by atoms with Crippen molar-refractivity contribution in [2.45, 2.75) is 12.5 Å². The van der Waals surface area contributed by atoms with E-state index in [9.17, 15) is 22.8 Å². The number of aldehydes is 1. The van der Waals surface area contributed by atoms with Gasteiger partial charge >= 0.3 is 0 Å². The molecule has 22 heavy (non-hydrogen) atoms. The number of aliphatic imine (C=N–C) groups is 1. The van der Waals surface area contributed by atoms with Crippen LogP contribution in [0.1, 0.15) is 27.5 Å². The molecule has 112 valence electrons. The molecule has 2 aromatic carbocycles. The fourth-order valence-corrected chi connectivity index (χ4v) is 2.10. The number of isocyanates is 1. The van der Waals surface area contributed by atoms with E-state index in [0.29, 0.717) is 11.6 Å². The summed E-state index contributed by atoms with van der Waals surface area (Å²) in [4.78, 5) is 24.5. The van der Waals surface area contributed by atoms with Gasteiger partial charge in [0.25, 0.3) is 0 Å². The molecule has 1 unspecified atom stereocenters. The second-order valence-electron chi connectivity index (χ2n) is 4.53. The van der Waals surface area contributed by atoms with Gasteiger partial charge in [0, 0.05) is 5.56 Å². The minimum atomic E-state index is -1.59. The van der Waals surface area contributed by atoms with Gasteiger partial charge in [0.1, 0.15) is 5.82 Å². The van der Waals surface area contributed by atoms with Crippen molar-refractivity contribution < 1.29 is 22.8 Å². The van der Waals surface area contributed by atoms with Gasteiger partial charge in [-0.1, -0.05) is 30.3 Å². The zero-order valence-corrected chi connectivity index (χ0v) is 11.2. The van der Waals surface area contributed by atoms with Gasteiger partial charge in [0.05, 0.1) is 11.6 Å². The van der Waals surface area contributed by atoms with Crippen molar-refractivity contribution in [1.82, 2.24) is 0 Å². The summed E-state index contributed by atoms with van der Waals surface area (Å²) < 4.78 is 41.3. The molecule has 0 amide bonds. The molecule has 0 aliphatic carbocycles. The number of rotatable bonds is 5. The molecule has 0 bridgehead atoms. The number of carbonyl (C=O) groups is 1. The van der Waals surface area contributed by atoms with Crippen LogP contribution in [0.25, 0.3) is 0 Å². The molecule has 2 aromatic rings. The van der Waals surface area contributed by atoms with Gasteiger partial charge in [0.15, 0.2) is 17.9 Å². The summed E-state index contributed by atoms with van der Waals surface area (Å²) in [5.41, 5.74) is -0.728. The smallest absolute Gasteiger partial charge is 0.235 e. The molecule has 0 aromatic heterocycles. The molecule has 1 atom stereocenters. The maximum atomic E-state index is 14.0. The van der Waals surface area contributed by atoms with E-state index in [2.05, 4.69) is 4.99 Å². The first-order chi connectivity index (χ1) is 10.6. The summed E-state index contributed by atoms with van der Waals surface area (Å²) in [5.74, 6) is -4.20. The molecular weight excluding hydrogens is 295 g/mol. The number of nitrogens with zero attached hydrogens (tertiary/aromatic N) is 1. The summed E-state index contributed by atoms with van der Waals surface area (Å²) in [6, 6.07) is 8.17. The number of carbonyl (C=O) groups excluding carboxylic acids is 2. The SMILES string of the molecule is O=C=NC(Cc1ccccc1)c1cc(F)c(C=O)c(F)c1F. The van der Waals surface area contributed by atoms with Crippen LogP contribution < -0.4 is 0 Å². The van der Waals surface area contributed by atoms with E-state index in [-0.39, 0.29) is 12.7 Å². The maximum absolute atomic E-state index is 14.0. The maximum Gasteiger partial charge on any atom is 0.235 e. The summed E-state index contributed by atoms with van der Waals surface area (Å²) in [5, 5.41) is 0. The number of halogens is 3. The Kier molecular flexibility index (Phi) is 4.86. The first-order valence-corrected chi connectivity index (χ1v) is 6.32. The van der Waals surface area contributed by atoms with Crippen LogP contribution in [-0.4, -0.2) is 12.4 Å². The highest BCUT2D eigenvalue weighted by Crippen LogP contribution is 2.28. The first-order valence-electron chi connectivity index (χ1n) is 6.32. The van der Waals surface area contributed by atoms with Crippen LogP contribution in [0, 0.1) is 17.5 Å². The van der Waals surface area contributed by atoms with E-state index < -0.39 is 34.6 Å². The van der Waals surface area contributed by atoms with Gasteiger partial charge in [-0.3, -0.25) is 4.79 Å². The molecule has 0 spiro atoms. The largest absolute Gasteiger partial charge is 0.298 e. The average Bonchev–Trinajstić information content (AvgIpc) is 2.52. The predicted molar refractivity (Wildman–Crippen MR) is 72.7 cm³/mol. The molecule has 0 aliphatic heterocycles. The van der Waals surface area contributed by atoms with Gasteiger partial charge < -0.3 is 0 Å². The lowest BCUT2D eigenvalue weighted by Gasteiger charge is -2.14. The van der Waals surface area contributed by atoms with Gasteiger partial charge in [-0.25, -0.2) is 18.0 Å². The molecule has 2 rings (SSSR count). The van der Waals surface area contributed by atoms with Gasteiger partial charge in [-0.15, -0.1) is 0 Å². The molecule has 0 saturated heterocycles. The Morgan fingerprint density at radius 3 is 2.41 bits per heavy atom. The van der Waals surface area contributed by atoms with Crippen LogP contribution >= 0.6 is 0 Å². The summed E-state index contributed by atoms with van der Waals surface area (Å²) in [6.07, 6.45) is 1.23. The number of hydrogen-bond acceptors (Lipinski definition) is 3. The van der Waals surface area contributed by atoms with Crippen LogP contribution in [0.15, 0.2) is 41.4 Å². The zero-order valence-electron chi connectivity index (χ0n) is 11.2. The molecule has 0 radical (unpaired) electrons. The molecule has 6 heteroatoms. The first kappa shape index (κ1) is 15.7. The van der Waals surface area contributed by atoms with Crippen molar-refractivity contribution in [2.24, 2.45) is 4.99 Å². The third-order valence-corrected chi connectivity index (χ3v) is 3.18. The quantitative estimate of drug-likeness (QED) is 0.367. The van der Waals surface area contributed by atoms with E-state index >= 15 is 0 Å². The van der Waals surface area contributed by atoms with E-state index in [1.165, 1.54) is 6.08 Å². The van der Waals surface area contributed by atoms with Crippen LogP contribution in [0.4, 0.5) is 13.2 Å². The van der Waals surface area contributed by atoms with Crippen molar-refractivity contribution in [3.63, 3.8) is 0 Å². The molecule has 3 nitrogen and oxygen atoms in total. The fourth-order valence-electron chi connectivity index (χ4n) is 2.10. The van der Waals surface area contributed by atoms with E-state index in [0.717, 1.165) is 0 Å². The lowest BCUT2D eigenvalue weighted by atomic mass is 9.97. The Labute approximate surface area is 124 Å². The minimum Gasteiger partial charge on any atom is -0.298 e. The van der Waals surface area contributed by atoms with Gasteiger partial charge in [0.2, 0.25) is 6.08 Å². The molecule has 0 saturated carbocycles. The van der Waals surface area contributed by atoms with Crippen molar-refractivity contribution in [2.75, 3.05) is 0 Å². The van der Waals surface area contributed by atoms with E-state index in [1.54, 1.807) is 30.3 Å². The second kappa shape index (κ2) is 6.83. The highest BCUT2D eigenvalue weighted by molar-refractivity contribution is 5.76. The Balaban J connectivity index is 2.49. The van der Waals surface area contributed by atoms with Gasteiger partial charge in [-0.05, 0) is 18.1 Å². The summed E-state index contributed by atoms with van der Waals surface area (Å²) >= 11 is 0. The monoisotopic (exact) mass is 305 g/mol. The Morgan fingerprint density at radius 1 is 1.14 bits per heavy atom. The summed E-state index contributed by atoms with van der Waals surface area (Å²) in [6.45, 7) is 0. The Bertz CT molecular complexity index is 741. The molecular formula is C16H10F3NO2. The topological polar surface area (TPSA) is 46.5 Å². The number of hydrogen-bond donors (Lipinski definition) is 0. The van der Waals surface area contributed by atoms with Crippen LogP contribution in [0.2, 0.25) is 0 Å². The molecule has 0 heterocycles. The normalized spacial score (nSPS) is 11.6. The minimum absolute atomic E-state index is 0.0618. The Hall–Kier alpha value is -2.72. The lowest BCUT2D eigenvalue weighted by molar-refractivity contribution is 0.111. The van der Waals surface area contributed by atoms with Crippen LogP contribution in [0.5, 0.6) is 0 Å². The predicted octanol–water partition coefficient (Wildman–Crippen LogP) is 3.54. The number of benzene rings is 2. The summed E-state index contributed by atoms with van der Waals surface area (Å²) in [7, 11) is 0. The highest BCUT2D eigenvalue weighted by atomic mass is 19.2. The molecule has 0 fully saturated rings. The van der Waals surface area contributed by atoms with Crippen molar-refractivity contribution >= 4 is 12.4 Å². The standard InChI is InChI=1S/C16H10F3NO2/c17-13-7-11(15(18)16(19)12(13)8-21)14(20-9-22)6-10-4-2-1-3-5-10/h1-5,7-8,14H,6H2. The van der Waals surface area contributed by atoms with Crippen molar-refractivity contribution in [3.05, 3.63) is 70.5 Å². The molecule has 0 N–H and O–H groups in total. The third kappa shape index (κ3) is 3.13. The fraction of sp³-hybridized carbons (Fsp3) is 0.125. The van der Waals surface area contributed by atoms with E-state index in [1.807, 2.05) is 0 Å². The van der Waals surface area contributed by atoms with Crippen molar-refractivity contribution in [3.8, 4) is 0 Å². The van der Waals surface area contributed by atoms with Crippen LogP contribution in [-0.2, 0) is 11.2 Å². The van der Waals surface area contributed by atoms with E-state index in [4.69, 9.17) is 0 Å². The lowest BCUT2D eigenvalue weighted by Crippen LogP contribution is -2.08. The zero-order chi connectivity index (χ0) is 16.1. The van der Waals surface area contributed by atoms with Crippen LogP contribution in [0.3, 0.4) is 0 Å². The Morgan fingerprint density at radius 2 is 1.82 bits per heavy atom. The third-order valence-electron chi connectivity index (χ3n) is 3.18. The van der Waals surface area contributed by atoms with Gasteiger partial charge in [-0.2, -0.15) is 4.99 Å². The molecule has 0 aliphatic rings. The second-order valence-corrected chi connectivity index (χ2v) is 4.53. The highest BCUT2D eigenvalue weighted by Gasteiger charge is 2.24. The van der Waals surface area contributed by atoms with Crippen molar-refractivity contribution in [1.29, 1.82) is 0 Å².